The zero-order valence-electron chi connectivity index (χ0n) is 14.4. The molecule has 0 aliphatic carbocycles. The van der Waals surface area contributed by atoms with Gasteiger partial charge in [0.05, 0.1) is 5.56 Å². The van der Waals surface area contributed by atoms with Crippen molar-refractivity contribution in [3.05, 3.63) is 65.2 Å². The molecule has 0 radical (unpaired) electrons. The highest BCUT2D eigenvalue weighted by Crippen LogP contribution is 2.28. The monoisotopic (exact) mass is 379 g/mol. The van der Waals surface area contributed by atoms with Gasteiger partial charge in [0.15, 0.2) is 6.10 Å². The highest BCUT2D eigenvalue weighted by atomic mass is 32.2. The van der Waals surface area contributed by atoms with E-state index >= 15 is 0 Å². The number of halogens is 2. The second kappa shape index (κ2) is 9.33. The Bertz CT molecular complexity index is 766. The number of hydrogen-bond acceptors (Lipinski definition) is 4. The first-order valence-electron chi connectivity index (χ1n) is 7.95. The Hall–Kier alpha value is -2.41. The Labute approximate surface area is 154 Å². The van der Waals surface area contributed by atoms with Gasteiger partial charge in [-0.1, -0.05) is 53.7 Å². The molecule has 2 aromatic carbocycles. The quantitative estimate of drug-likeness (QED) is 0.579. The molecule has 0 bridgehead atoms. The van der Waals surface area contributed by atoms with Crippen LogP contribution < -0.4 is 5.32 Å². The highest BCUT2D eigenvalue weighted by molar-refractivity contribution is 7.99. The van der Waals surface area contributed by atoms with Gasteiger partial charge in [-0.05, 0) is 31.5 Å². The van der Waals surface area contributed by atoms with E-state index in [1.54, 1.807) is 12.1 Å². The van der Waals surface area contributed by atoms with Gasteiger partial charge >= 0.3 is 5.97 Å². The first-order valence-corrected chi connectivity index (χ1v) is 8.83. The van der Waals surface area contributed by atoms with Crippen LogP contribution in [-0.4, -0.2) is 23.7 Å². The van der Waals surface area contributed by atoms with E-state index in [0.29, 0.717) is 6.54 Å². The number of rotatable bonds is 7. The molecule has 0 fully saturated rings. The third-order valence-corrected chi connectivity index (χ3v) is 4.35. The predicted octanol–water partition coefficient (Wildman–Crippen LogP) is 4.17. The van der Waals surface area contributed by atoms with Crippen LogP contribution in [-0.2, 0) is 16.1 Å². The van der Waals surface area contributed by atoms with Crippen molar-refractivity contribution in [1.82, 2.24) is 5.32 Å². The van der Waals surface area contributed by atoms with Crippen LogP contribution >= 0.6 is 11.8 Å². The molecule has 0 aliphatic heterocycles. The van der Waals surface area contributed by atoms with E-state index < -0.39 is 23.7 Å². The Morgan fingerprint density at radius 3 is 2.42 bits per heavy atom. The fraction of sp³-hybridized carbons (Fsp3) is 0.263. The first-order chi connectivity index (χ1) is 12.4. The second-order valence-corrected chi connectivity index (χ2v) is 6.66. The Kier molecular flexibility index (Phi) is 7.15. The summed E-state index contributed by atoms with van der Waals surface area (Å²) >= 11 is 0.263. The van der Waals surface area contributed by atoms with Crippen molar-refractivity contribution >= 4 is 23.6 Å². The van der Waals surface area contributed by atoms with Crippen LogP contribution in [0.5, 0.6) is 0 Å². The number of amides is 1. The van der Waals surface area contributed by atoms with Gasteiger partial charge in [-0.25, -0.2) is 4.79 Å². The van der Waals surface area contributed by atoms with Crippen LogP contribution in [0.2, 0.25) is 0 Å². The van der Waals surface area contributed by atoms with Crippen molar-refractivity contribution in [3.8, 4) is 0 Å². The van der Waals surface area contributed by atoms with Crippen LogP contribution in [0.15, 0.2) is 53.4 Å². The molecule has 1 amide bonds. The Morgan fingerprint density at radius 1 is 1.12 bits per heavy atom. The van der Waals surface area contributed by atoms with Gasteiger partial charge in [-0.2, -0.15) is 8.78 Å². The normalized spacial score (nSPS) is 11.9. The van der Waals surface area contributed by atoms with Crippen LogP contribution in [0.4, 0.5) is 8.78 Å². The summed E-state index contributed by atoms with van der Waals surface area (Å²) < 4.78 is 30.3. The molecule has 26 heavy (non-hydrogen) atoms. The minimum atomic E-state index is -2.65. The lowest BCUT2D eigenvalue weighted by Gasteiger charge is -2.15. The number of carbonyl (C=O) groups is 2. The average Bonchev–Trinajstić information content (AvgIpc) is 2.60. The van der Waals surface area contributed by atoms with Crippen LogP contribution in [0, 0.1) is 6.92 Å². The number of esters is 1. The van der Waals surface area contributed by atoms with Gasteiger partial charge in [0.2, 0.25) is 0 Å². The maximum Gasteiger partial charge on any atom is 0.340 e. The Morgan fingerprint density at radius 2 is 1.77 bits per heavy atom. The molecular formula is C19H19F2NO3S. The third-order valence-electron chi connectivity index (χ3n) is 3.56. The summed E-state index contributed by atoms with van der Waals surface area (Å²) in [6.07, 6.45) is -1.04. The van der Waals surface area contributed by atoms with Gasteiger partial charge in [0.1, 0.15) is 0 Å². The average molecular weight is 379 g/mol. The van der Waals surface area contributed by atoms with Gasteiger partial charge in [0, 0.05) is 11.4 Å². The summed E-state index contributed by atoms with van der Waals surface area (Å²) in [4.78, 5) is 24.4. The van der Waals surface area contributed by atoms with E-state index in [9.17, 15) is 18.4 Å². The molecule has 0 saturated carbocycles. The summed E-state index contributed by atoms with van der Waals surface area (Å²) in [5.74, 6) is -3.93. The predicted molar refractivity (Wildman–Crippen MR) is 96.2 cm³/mol. The van der Waals surface area contributed by atoms with E-state index in [2.05, 4.69) is 5.32 Å². The molecule has 4 nitrogen and oxygen atoms in total. The maximum absolute atomic E-state index is 12.6. The van der Waals surface area contributed by atoms with E-state index in [0.717, 1.165) is 11.1 Å². The number of aryl methyl sites for hydroxylation is 1. The fourth-order valence-corrected chi connectivity index (χ4v) is 2.78. The van der Waals surface area contributed by atoms with Gasteiger partial charge < -0.3 is 10.1 Å². The summed E-state index contributed by atoms with van der Waals surface area (Å²) in [6, 6.07) is 13.6. The summed E-state index contributed by atoms with van der Waals surface area (Å²) in [5.41, 5.74) is 2.04. The molecule has 0 saturated heterocycles. The van der Waals surface area contributed by atoms with Gasteiger partial charge in [0.25, 0.3) is 11.7 Å². The third kappa shape index (κ3) is 5.84. The van der Waals surface area contributed by atoms with Crippen molar-refractivity contribution in [2.45, 2.75) is 37.1 Å². The van der Waals surface area contributed by atoms with Crippen molar-refractivity contribution in [3.63, 3.8) is 0 Å². The standard InChI is InChI=1S/C19H19F2NO3S/c1-12-7-9-14(10-8-12)11-22-17(23)13(2)25-18(24)15-5-3-4-6-16(15)26-19(20)21/h3-10,13,19H,11H2,1-2H3,(H,22,23)/t13-/m0/s1. The summed E-state index contributed by atoms with van der Waals surface area (Å²) in [5, 5.41) is 2.68. The van der Waals surface area contributed by atoms with Crippen molar-refractivity contribution < 1.29 is 23.1 Å². The van der Waals surface area contributed by atoms with Crippen molar-refractivity contribution in [2.75, 3.05) is 0 Å². The maximum atomic E-state index is 12.6. The lowest BCUT2D eigenvalue weighted by atomic mass is 10.1. The van der Waals surface area contributed by atoms with Gasteiger partial charge in [-0.3, -0.25) is 4.79 Å². The molecule has 1 atom stereocenters. The number of hydrogen-bond donors (Lipinski definition) is 1. The molecule has 2 aromatic rings. The zero-order chi connectivity index (χ0) is 19.1. The minimum Gasteiger partial charge on any atom is -0.449 e. The summed E-state index contributed by atoms with van der Waals surface area (Å²) in [7, 11) is 0. The second-order valence-electron chi connectivity index (χ2n) is 5.63. The SMILES string of the molecule is Cc1ccc(CNC(=O)[C@H](C)OC(=O)c2ccccc2SC(F)F)cc1. The topological polar surface area (TPSA) is 55.4 Å². The lowest BCUT2D eigenvalue weighted by Crippen LogP contribution is -2.35. The van der Waals surface area contributed by atoms with Gasteiger partial charge in [-0.15, -0.1) is 0 Å². The zero-order valence-corrected chi connectivity index (χ0v) is 15.2. The van der Waals surface area contributed by atoms with E-state index in [-0.39, 0.29) is 22.2 Å². The van der Waals surface area contributed by atoms with E-state index in [4.69, 9.17) is 4.74 Å². The van der Waals surface area contributed by atoms with Crippen molar-refractivity contribution in [1.29, 1.82) is 0 Å². The molecule has 138 valence electrons. The van der Waals surface area contributed by atoms with Crippen LogP contribution in [0.1, 0.15) is 28.4 Å². The molecule has 7 heteroatoms. The Balaban J connectivity index is 1.94. The fourth-order valence-electron chi connectivity index (χ4n) is 2.15. The molecule has 1 N–H and O–H groups in total. The number of nitrogens with one attached hydrogen (secondary N) is 1. The molecule has 0 heterocycles. The largest absolute Gasteiger partial charge is 0.449 e. The lowest BCUT2D eigenvalue weighted by molar-refractivity contribution is -0.129. The molecule has 0 aromatic heterocycles. The van der Waals surface area contributed by atoms with Crippen LogP contribution in [0.3, 0.4) is 0 Å². The van der Waals surface area contributed by atoms with E-state index in [1.165, 1.54) is 19.1 Å². The summed E-state index contributed by atoms with van der Waals surface area (Å²) in [6.45, 7) is 3.71. The highest BCUT2D eigenvalue weighted by Gasteiger charge is 2.21. The molecule has 0 unspecified atom stereocenters. The molecular weight excluding hydrogens is 360 g/mol. The minimum absolute atomic E-state index is 0.0102. The number of benzene rings is 2. The van der Waals surface area contributed by atoms with E-state index in [1.807, 2.05) is 31.2 Å². The van der Waals surface area contributed by atoms with Crippen molar-refractivity contribution in [2.24, 2.45) is 0 Å². The molecule has 0 aliphatic rings. The number of alkyl halides is 2. The van der Waals surface area contributed by atoms with Crippen LogP contribution in [0.25, 0.3) is 0 Å². The first kappa shape index (κ1) is 19.9. The molecule has 2 rings (SSSR count). The smallest absolute Gasteiger partial charge is 0.340 e. The number of ether oxygens (including phenoxy) is 1. The number of carbonyl (C=O) groups excluding carboxylic acids is 2. The number of thioether (sulfide) groups is 1. The molecule has 0 spiro atoms.